The van der Waals surface area contributed by atoms with Crippen LogP contribution in [0.4, 0.5) is 5.69 Å². The van der Waals surface area contributed by atoms with Crippen molar-refractivity contribution in [1.29, 1.82) is 0 Å². The van der Waals surface area contributed by atoms with E-state index in [1.54, 1.807) is 29.2 Å². The number of halogens is 1. The zero-order valence-electron chi connectivity index (χ0n) is 13.7. The minimum absolute atomic E-state index is 0.0858. The molecule has 1 unspecified atom stereocenters. The molecule has 0 saturated carbocycles. The van der Waals surface area contributed by atoms with Gasteiger partial charge in [0.05, 0.1) is 0 Å². The van der Waals surface area contributed by atoms with Gasteiger partial charge in [0, 0.05) is 17.3 Å². The lowest BCUT2D eigenvalue weighted by Gasteiger charge is -2.32. The molecule has 1 heterocycles. The van der Waals surface area contributed by atoms with Gasteiger partial charge in [0.25, 0.3) is 5.91 Å². The number of anilines is 1. The maximum atomic E-state index is 12.6. The van der Waals surface area contributed by atoms with Crippen molar-refractivity contribution in [1.82, 2.24) is 5.32 Å². The Morgan fingerprint density at radius 1 is 1.16 bits per heavy atom. The molecule has 130 valence electrons. The average Bonchev–Trinajstić information content (AvgIpc) is 2.64. The van der Waals surface area contributed by atoms with Crippen molar-refractivity contribution < 1.29 is 14.3 Å². The molecule has 1 N–H and O–H groups in total. The largest absolute Gasteiger partial charge is 0.484 e. The average molecular weight is 359 g/mol. The van der Waals surface area contributed by atoms with E-state index in [0.29, 0.717) is 23.7 Å². The van der Waals surface area contributed by atoms with E-state index < -0.39 is 6.04 Å². The monoisotopic (exact) mass is 358 g/mol. The van der Waals surface area contributed by atoms with Crippen LogP contribution in [-0.4, -0.2) is 31.0 Å². The summed E-state index contributed by atoms with van der Waals surface area (Å²) in [6.07, 6.45) is 1.47. The van der Waals surface area contributed by atoms with E-state index >= 15 is 0 Å². The molecule has 2 amide bonds. The molecule has 0 spiro atoms. The van der Waals surface area contributed by atoms with Crippen LogP contribution >= 0.6 is 11.6 Å². The molecule has 6 heteroatoms. The second kappa shape index (κ2) is 8.03. The topological polar surface area (TPSA) is 58.6 Å². The third kappa shape index (κ3) is 4.51. The summed E-state index contributed by atoms with van der Waals surface area (Å²) in [6.45, 7) is 0.521. The number of hydrogen-bond donors (Lipinski definition) is 1. The van der Waals surface area contributed by atoms with E-state index in [1.165, 1.54) is 0 Å². The Kier molecular flexibility index (Phi) is 5.56. The van der Waals surface area contributed by atoms with Crippen LogP contribution in [0.5, 0.6) is 5.75 Å². The fourth-order valence-corrected chi connectivity index (χ4v) is 2.92. The number of ether oxygens (including phenoxy) is 1. The molecule has 1 saturated heterocycles. The van der Waals surface area contributed by atoms with Gasteiger partial charge in [-0.2, -0.15) is 0 Å². The lowest BCUT2D eigenvalue weighted by Crippen LogP contribution is -2.53. The predicted molar refractivity (Wildman–Crippen MR) is 96.9 cm³/mol. The molecule has 5 nitrogen and oxygen atoms in total. The second-order valence-electron chi connectivity index (χ2n) is 5.83. The maximum Gasteiger partial charge on any atom is 0.258 e. The van der Waals surface area contributed by atoms with Crippen molar-refractivity contribution in [3.05, 3.63) is 59.6 Å². The van der Waals surface area contributed by atoms with Crippen molar-refractivity contribution >= 4 is 29.1 Å². The number of piperidine rings is 1. The number of benzene rings is 2. The molecule has 2 aromatic carbocycles. The van der Waals surface area contributed by atoms with Gasteiger partial charge in [-0.05, 0) is 49.2 Å². The maximum absolute atomic E-state index is 12.6. The fraction of sp³-hybridized carbons (Fsp3) is 0.263. The zero-order chi connectivity index (χ0) is 17.6. The van der Waals surface area contributed by atoms with Crippen LogP contribution in [0, 0.1) is 0 Å². The number of para-hydroxylation sites is 1. The molecule has 0 radical (unpaired) electrons. The molecule has 3 rings (SSSR count). The Morgan fingerprint density at radius 3 is 2.60 bits per heavy atom. The van der Waals surface area contributed by atoms with Gasteiger partial charge in [-0.25, -0.2) is 0 Å². The molecular weight excluding hydrogens is 340 g/mol. The number of nitrogens with one attached hydrogen (secondary N) is 1. The van der Waals surface area contributed by atoms with Gasteiger partial charge in [0.1, 0.15) is 11.8 Å². The zero-order valence-corrected chi connectivity index (χ0v) is 14.4. The Labute approximate surface area is 151 Å². The summed E-state index contributed by atoms with van der Waals surface area (Å²) in [5, 5.41) is 3.37. The molecule has 25 heavy (non-hydrogen) atoms. The Bertz CT molecular complexity index is 734. The van der Waals surface area contributed by atoms with E-state index in [0.717, 1.165) is 12.1 Å². The fourth-order valence-electron chi connectivity index (χ4n) is 2.79. The number of carbonyl (C=O) groups excluding carboxylic acids is 2. The van der Waals surface area contributed by atoms with Gasteiger partial charge in [-0.15, -0.1) is 0 Å². The minimum atomic E-state index is -0.518. The third-order valence-electron chi connectivity index (χ3n) is 4.03. The van der Waals surface area contributed by atoms with Crippen LogP contribution in [0.15, 0.2) is 54.6 Å². The lowest BCUT2D eigenvalue weighted by molar-refractivity contribution is -0.129. The molecular formula is C19H19ClN2O3. The second-order valence-corrected chi connectivity index (χ2v) is 6.27. The van der Waals surface area contributed by atoms with E-state index in [9.17, 15) is 9.59 Å². The first kappa shape index (κ1) is 17.3. The van der Waals surface area contributed by atoms with Crippen LogP contribution in [0.3, 0.4) is 0 Å². The number of rotatable bonds is 5. The van der Waals surface area contributed by atoms with E-state index in [-0.39, 0.29) is 18.4 Å². The SMILES string of the molecule is O=C(COc1ccc(Cl)cc1)NC1CCCN(c2ccccc2)C1=O. The quantitative estimate of drug-likeness (QED) is 0.893. The smallest absolute Gasteiger partial charge is 0.258 e. The summed E-state index contributed by atoms with van der Waals surface area (Å²) >= 11 is 5.81. The predicted octanol–water partition coefficient (Wildman–Crippen LogP) is 3.03. The number of hydrogen-bond acceptors (Lipinski definition) is 3. The van der Waals surface area contributed by atoms with Gasteiger partial charge < -0.3 is 15.0 Å². The summed E-state index contributed by atoms with van der Waals surface area (Å²) in [7, 11) is 0. The normalized spacial score (nSPS) is 17.2. The van der Waals surface area contributed by atoms with E-state index in [2.05, 4.69) is 5.32 Å². The highest BCUT2D eigenvalue weighted by Gasteiger charge is 2.30. The van der Waals surface area contributed by atoms with Crippen LogP contribution in [0.1, 0.15) is 12.8 Å². The van der Waals surface area contributed by atoms with Crippen molar-refractivity contribution in [3.8, 4) is 5.75 Å². The molecule has 1 fully saturated rings. The molecule has 1 atom stereocenters. The van der Waals surface area contributed by atoms with Gasteiger partial charge in [-0.1, -0.05) is 29.8 Å². The highest BCUT2D eigenvalue weighted by molar-refractivity contribution is 6.30. The first-order valence-electron chi connectivity index (χ1n) is 8.17. The first-order valence-corrected chi connectivity index (χ1v) is 8.55. The molecule has 1 aliphatic rings. The standard InChI is InChI=1S/C19H19ClN2O3/c20-14-8-10-16(11-9-14)25-13-18(23)21-17-7-4-12-22(19(17)24)15-5-2-1-3-6-15/h1-3,5-6,8-11,17H,4,7,12-13H2,(H,21,23). The number of carbonyl (C=O) groups is 2. The summed E-state index contributed by atoms with van der Waals surface area (Å²) < 4.78 is 5.42. The van der Waals surface area contributed by atoms with Crippen LogP contribution < -0.4 is 15.0 Å². The Morgan fingerprint density at radius 2 is 1.88 bits per heavy atom. The summed E-state index contributed by atoms with van der Waals surface area (Å²) in [4.78, 5) is 26.5. The molecule has 2 aromatic rings. The third-order valence-corrected chi connectivity index (χ3v) is 4.28. The van der Waals surface area contributed by atoms with Crippen LogP contribution in [-0.2, 0) is 9.59 Å². The van der Waals surface area contributed by atoms with Crippen molar-refractivity contribution in [2.24, 2.45) is 0 Å². The molecule has 0 aliphatic carbocycles. The van der Waals surface area contributed by atoms with Gasteiger partial charge in [-0.3, -0.25) is 9.59 Å². The van der Waals surface area contributed by atoms with Gasteiger partial charge in [0.15, 0.2) is 6.61 Å². The minimum Gasteiger partial charge on any atom is -0.484 e. The molecule has 0 bridgehead atoms. The number of amides is 2. The van der Waals surface area contributed by atoms with Crippen LogP contribution in [0.2, 0.25) is 5.02 Å². The summed E-state index contributed by atoms with van der Waals surface area (Å²) in [5.74, 6) is 0.154. The number of nitrogens with zero attached hydrogens (tertiary/aromatic N) is 1. The summed E-state index contributed by atoms with van der Waals surface area (Å²) in [5.41, 5.74) is 0.851. The first-order chi connectivity index (χ1) is 12.1. The highest BCUT2D eigenvalue weighted by atomic mass is 35.5. The van der Waals surface area contributed by atoms with E-state index in [4.69, 9.17) is 16.3 Å². The van der Waals surface area contributed by atoms with Crippen molar-refractivity contribution in [2.45, 2.75) is 18.9 Å². The van der Waals surface area contributed by atoms with Crippen molar-refractivity contribution in [3.63, 3.8) is 0 Å². The molecule has 1 aliphatic heterocycles. The van der Waals surface area contributed by atoms with Gasteiger partial charge >= 0.3 is 0 Å². The highest BCUT2D eigenvalue weighted by Crippen LogP contribution is 2.21. The lowest BCUT2D eigenvalue weighted by atomic mass is 10.0. The van der Waals surface area contributed by atoms with E-state index in [1.807, 2.05) is 30.3 Å². The van der Waals surface area contributed by atoms with Gasteiger partial charge in [0.2, 0.25) is 5.91 Å². The Balaban J connectivity index is 1.55. The van der Waals surface area contributed by atoms with Crippen molar-refractivity contribution in [2.75, 3.05) is 18.1 Å². The Hall–Kier alpha value is -2.53. The molecule has 0 aromatic heterocycles. The summed E-state index contributed by atoms with van der Waals surface area (Å²) in [6, 6.07) is 15.7. The van der Waals surface area contributed by atoms with Crippen LogP contribution in [0.25, 0.3) is 0 Å².